The van der Waals surface area contributed by atoms with Gasteiger partial charge >= 0.3 is 0 Å². The minimum absolute atomic E-state index is 0.453. The van der Waals surface area contributed by atoms with Gasteiger partial charge in [0, 0.05) is 5.92 Å². The van der Waals surface area contributed by atoms with Gasteiger partial charge in [-0.3, -0.25) is 0 Å². The maximum Gasteiger partial charge on any atom is 0.0124 e. The highest BCUT2D eigenvalue weighted by atomic mass is 31.0. The van der Waals surface area contributed by atoms with Crippen LogP contribution < -0.4 is 0 Å². The van der Waals surface area contributed by atoms with Crippen LogP contribution in [0.1, 0.15) is 23.5 Å². The molecule has 0 aliphatic carbocycles. The van der Waals surface area contributed by atoms with Crippen molar-refractivity contribution >= 4 is 9.24 Å². The lowest BCUT2D eigenvalue weighted by Crippen LogP contribution is -1.99. The first-order valence-corrected chi connectivity index (χ1v) is 6.55. The molecule has 86 valence electrons. The van der Waals surface area contributed by atoms with Gasteiger partial charge in [0.25, 0.3) is 0 Å². The van der Waals surface area contributed by atoms with E-state index in [1.807, 2.05) is 5.82 Å². The molecule has 2 aromatic carbocycles. The summed E-state index contributed by atoms with van der Waals surface area (Å²) in [6.45, 7) is 0. The van der Waals surface area contributed by atoms with E-state index in [-0.39, 0.29) is 0 Å². The molecule has 0 aromatic heterocycles. The summed E-state index contributed by atoms with van der Waals surface area (Å²) in [5, 5.41) is 0. The normalized spacial score (nSPS) is 11.2. The van der Waals surface area contributed by atoms with E-state index in [1.54, 1.807) is 0 Å². The summed E-state index contributed by atoms with van der Waals surface area (Å²) in [4.78, 5) is 0. The van der Waals surface area contributed by atoms with E-state index in [1.165, 1.54) is 11.1 Å². The van der Waals surface area contributed by atoms with Gasteiger partial charge in [-0.2, -0.15) is 0 Å². The second-order valence-corrected chi connectivity index (χ2v) is 4.42. The van der Waals surface area contributed by atoms with Gasteiger partial charge in [0.05, 0.1) is 0 Å². The summed E-state index contributed by atoms with van der Waals surface area (Å²) in [5.41, 5.74) is 2.75. The lowest BCUT2D eigenvalue weighted by molar-refractivity contribution is 0.830. The molecular formula is C16H17P. The van der Waals surface area contributed by atoms with Crippen molar-refractivity contribution in [3.8, 4) is 0 Å². The molecule has 0 aliphatic heterocycles. The van der Waals surface area contributed by atoms with Crippen molar-refractivity contribution in [2.24, 2.45) is 0 Å². The molecule has 2 rings (SSSR count). The minimum Gasteiger partial charge on any atom is -0.114 e. The number of rotatable bonds is 4. The topological polar surface area (TPSA) is 0 Å². The van der Waals surface area contributed by atoms with Crippen LogP contribution in [0.4, 0.5) is 0 Å². The van der Waals surface area contributed by atoms with Crippen molar-refractivity contribution in [1.29, 1.82) is 0 Å². The van der Waals surface area contributed by atoms with E-state index < -0.39 is 0 Å². The molecule has 0 radical (unpaired) electrons. The van der Waals surface area contributed by atoms with Crippen molar-refractivity contribution in [2.75, 3.05) is 0 Å². The third-order valence-corrected chi connectivity index (χ3v) is 3.18. The van der Waals surface area contributed by atoms with Crippen LogP contribution in [0.15, 0.2) is 72.6 Å². The van der Waals surface area contributed by atoms with Gasteiger partial charge in [0.1, 0.15) is 0 Å². The Kier molecular flexibility index (Phi) is 4.53. The molecule has 0 saturated heterocycles. The smallest absolute Gasteiger partial charge is 0.0124 e. The largest absolute Gasteiger partial charge is 0.114 e. The van der Waals surface area contributed by atoms with Crippen LogP contribution in [-0.4, -0.2) is 0 Å². The molecule has 2 aromatic rings. The van der Waals surface area contributed by atoms with Crippen LogP contribution in [0, 0.1) is 0 Å². The van der Waals surface area contributed by atoms with Gasteiger partial charge in [-0.25, -0.2) is 0 Å². The van der Waals surface area contributed by atoms with Crippen molar-refractivity contribution in [3.05, 3.63) is 83.7 Å². The van der Waals surface area contributed by atoms with Crippen LogP contribution in [-0.2, 0) is 0 Å². The van der Waals surface area contributed by atoms with E-state index in [4.69, 9.17) is 0 Å². The van der Waals surface area contributed by atoms with E-state index in [9.17, 15) is 0 Å². The summed E-state index contributed by atoms with van der Waals surface area (Å²) in [7, 11) is 2.64. The minimum atomic E-state index is 0.453. The molecule has 0 spiro atoms. The number of hydrogen-bond acceptors (Lipinski definition) is 0. The predicted molar refractivity (Wildman–Crippen MR) is 78.2 cm³/mol. The Labute approximate surface area is 106 Å². The standard InChI is InChI=1S/C16H17P/c17-13-7-12-16(14-8-3-1-4-9-14)15-10-5-2-6-11-15/h1-11,13,16H,12,17H2. The zero-order valence-corrected chi connectivity index (χ0v) is 10.9. The zero-order valence-electron chi connectivity index (χ0n) is 9.79. The van der Waals surface area contributed by atoms with Crippen molar-refractivity contribution < 1.29 is 0 Å². The molecule has 0 aliphatic rings. The molecule has 0 heterocycles. The summed E-state index contributed by atoms with van der Waals surface area (Å²) in [6, 6.07) is 21.4. The Morgan fingerprint density at radius 1 is 0.824 bits per heavy atom. The van der Waals surface area contributed by atoms with Crippen LogP contribution >= 0.6 is 9.24 Å². The van der Waals surface area contributed by atoms with Crippen molar-refractivity contribution in [3.63, 3.8) is 0 Å². The number of benzene rings is 2. The van der Waals surface area contributed by atoms with Gasteiger partial charge < -0.3 is 0 Å². The Morgan fingerprint density at radius 2 is 1.29 bits per heavy atom. The average molecular weight is 240 g/mol. The molecule has 1 heteroatoms. The van der Waals surface area contributed by atoms with Gasteiger partial charge in [-0.15, -0.1) is 9.24 Å². The fraction of sp³-hybridized carbons (Fsp3) is 0.125. The summed E-state index contributed by atoms with van der Waals surface area (Å²) in [6.07, 6.45) is 3.24. The van der Waals surface area contributed by atoms with E-state index in [0.717, 1.165) is 6.42 Å². The Bertz CT molecular complexity index is 420. The molecule has 0 saturated carbocycles. The molecule has 1 unspecified atom stereocenters. The third kappa shape index (κ3) is 3.28. The Balaban J connectivity index is 2.32. The predicted octanol–water partition coefficient (Wildman–Crippen LogP) is 4.60. The van der Waals surface area contributed by atoms with E-state index >= 15 is 0 Å². The van der Waals surface area contributed by atoms with Gasteiger partial charge in [-0.1, -0.05) is 72.6 Å². The van der Waals surface area contributed by atoms with Crippen LogP contribution in [0.5, 0.6) is 0 Å². The second-order valence-electron chi connectivity index (χ2n) is 4.04. The van der Waals surface area contributed by atoms with Crippen LogP contribution in [0.25, 0.3) is 0 Å². The average Bonchev–Trinajstić information content (AvgIpc) is 2.42. The van der Waals surface area contributed by atoms with Crippen LogP contribution in [0.3, 0.4) is 0 Å². The molecule has 0 nitrogen and oxygen atoms in total. The second kappa shape index (κ2) is 6.37. The van der Waals surface area contributed by atoms with Crippen LogP contribution in [0.2, 0.25) is 0 Å². The Morgan fingerprint density at radius 3 is 1.71 bits per heavy atom. The van der Waals surface area contributed by atoms with Gasteiger partial charge in [-0.05, 0) is 17.5 Å². The Hall–Kier alpha value is -1.39. The first-order valence-electron chi connectivity index (χ1n) is 5.88. The first kappa shape index (κ1) is 12.1. The summed E-state index contributed by atoms with van der Waals surface area (Å²) in [5.74, 6) is 2.49. The maximum atomic E-state index is 2.64. The monoisotopic (exact) mass is 240 g/mol. The highest BCUT2D eigenvalue weighted by Gasteiger charge is 2.11. The fourth-order valence-electron chi connectivity index (χ4n) is 2.05. The molecule has 0 amide bonds. The highest BCUT2D eigenvalue weighted by Crippen LogP contribution is 2.28. The van der Waals surface area contributed by atoms with E-state index in [2.05, 4.69) is 76.0 Å². The third-order valence-electron chi connectivity index (χ3n) is 2.91. The molecule has 1 atom stereocenters. The highest BCUT2D eigenvalue weighted by molar-refractivity contribution is 7.20. The molecule has 0 fully saturated rings. The fourth-order valence-corrected chi connectivity index (χ4v) is 2.21. The van der Waals surface area contributed by atoms with Gasteiger partial charge in [0.15, 0.2) is 0 Å². The van der Waals surface area contributed by atoms with E-state index in [0.29, 0.717) is 5.92 Å². The number of allylic oxidation sites excluding steroid dienone is 1. The van der Waals surface area contributed by atoms with Gasteiger partial charge in [0.2, 0.25) is 0 Å². The lowest BCUT2D eigenvalue weighted by Gasteiger charge is -2.16. The lowest BCUT2D eigenvalue weighted by atomic mass is 9.89. The number of hydrogen-bond donors (Lipinski definition) is 0. The molecular weight excluding hydrogens is 223 g/mol. The molecule has 0 bridgehead atoms. The van der Waals surface area contributed by atoms with Crippen molar-refractivity contribution in [2.45, 2.75) is 12.3 Å². The molecule has 0 N–H and O–H groups in total. The SMILES string of the molecule is PC=CCC(c1ccccc1)c1ccccc1. The van der Waals surface area contributed by atoms with Crippen molar-refractivity contribution in [1.82, 2.24) is 0 Å². The zero-order chi connectivity index (χ0) is 11.9. The molecule has 17 heavy (non-hydrogen) atoms. The quantitative estimate of drug-likeness (QED) is 0.685. The summed E-state index contributed by atoms with van der Waals surface area (Å²) < 4.78 is 0. The summed E-state index contributed by atoms with van der Waals surface area (Å²) >= 11 is 0. The maximum absolute atomic E-state index is 2.64. The first-order chi connectivity index (χ1) is 8.42.